The van der Waals surface area contributed by atoms with E-state index in [4.69, 9.17) is 9.47 Å². The molecule has 120 valence electrons. The number of rotatable bonds is 9. The largest absolute Gasteiger partial charge is 0.492 e. The first-order valence-corrected chi connectivity index (χ1v) is 7.55. The third kappa shape index (κ3) is 8.71. The van der Waals surface area contributed by atoms with Crippen molar-refractivity contribution in [3.8, 4) is 5.75 Å². The molecule has 0 amide bonds. The van der Waals surface area contributed by atoms with Crippen molar-refractivity contribution in [1.29, 1.82) is 0 Å². The highest BCUT2D eigenvalue weighted by atomic mass is 16.5. The van der Waals surface area contributed by atoms with Crippen LogP contribution in [0.4, 0.5) is 0 Å². The summed E-state index contributed by atoms with van der Waals surface area (Å²) in [7, 11) is 3.80. The van der Waals surface area contributed by atoms with Crippen molar-refractivity contribution in [3.05, 3.63) is 29.8 Å². The van der Waals surface area contributed by atoms with E-state index >= 15 is 0 Å². The lowest BCUT2D eigenvalue weighted by molar-refractivity contribution is 0.150. The maximum absolute atomic E-state index is 5.75. The summed E-state index contributed by atoms with van der Waals surface area (Å²) in [5.74, 6) is 0.926. The number of hydrogen-bond acceptors (Lipinski definition) is 4. The zero-order valence-electron chi connectivity index (χ0n) is 14.1. The Hall–Kier alpha value is -1.10. The number of likely N-dealkylation sites (N-methyl/N-ethyl adjacent to an activating group) is 1. The summed E-state index contributed by atoms with van der Waals surface area (Å²) in [4.78, 5) is 2.20. The van der Waals surface area contributed by atoms with Crippen molar-refractivity contribution in [1.82, 2.24) is 10.2 Å². The van der Waals surface area contributed by atoms with Crippen molar-refractivity contribution >= 4 is 0 Å². The van der Waals surface area contributed by atoms with E-state index < -0.39 is 0 Å². The zero-order chi connectivity index (χ0) is 15.7. The Balaban J connectivity index is 2.28. The molecule has 1 aromatic carbocycles. The van der Waals surface area contributed by atoms with Crippen LogP contribution in [-0.4, -0.2) is 50.9 Å². The van der Waals surface area contributed by atoms with Gasteiger partial charge in [0.1, 0.15) is 12.4 Å². The number of benzene rings is 1. The Labute approximate surface area is 129 Å². The Morgan fingerprint density at radius 3 is 2.24 bits per heavy atom. The summed E-state index contributed by atoms with van der Waals surface area (Å²) in [5, 5.41) is 3.48. The minimum Gasteiger partial charge on any atom is -0.492 e. The third-order valence-corrected chi connectivity index (χ3v) is 3.17. The molecule has 0 bridgehead atoms. The molecule has 0 radical (unpaired) electrons. The van der Waals surface area contributed by atoms with Crippen molar-refractivity contribution in [2.45, 2.75) is 32.9 Å². The van der Waals surface area contributed by atoms with E-state index in [1.165, 1.54) is 5.56 Å². The first-order valence-electron chi connectivity index (χ1n) is 7.55. The van der Waals surface area contributed by atoms with Crippen LogP contribution >= 0.6 is 0 Å². The predicted molar refractivity (Wildman–Crippen MR) is 87.9 cm³/mol. The monoisotopic (exact) mass is 294 g/mol. The second-order valence-electron chi connectivity index (χ2n) is 6.39. The smallest absolute Gasteiger partial charge is 0.119 e. The van der Waals surface area contributed by atoms with E-state index in [1.807, 2.05) is 12.1 Å². The van der Waals surface area contributed by atoms with Gasteiger partial charge in [-0.25, -0.2) is 0 Å². The molecule has 0 saturated heterocycles. The summed E-state index contributed by atoms with van der Waals surface area (Å²) in [6.45, 7) is 10.7. The van der Waals surface area contributed by atoms with Gasteiger partial charge >= 0.3 is 0 Å². The highest BCUT2D eigenvalue weighted by molar-refractivity contribution is 5.27. The quantitative estimate of drug-likeness (QED) is 0.759. The molecule has 0 atom stereocenters. The van der Waals surface area contributed by atoms with E-state index in [2.05, 4.69) is 50.2 Å². The average Bonchev–Trinajstić information content (AvgIpc) is 2.43. The number of nitrogens with zero attached hydrogens (tertiary/aromatic N) is 1. The first kappa shape index (κ1) is 18.0. The van der Waals surface area contributed by atoms with Gasteiger partial charge in [0.05, 0.1) is 6.61 Å². The van der Waals surface area contributed by atoms with E-state index in [9.17, 15) is 0 Å². The molecule has 0 aliphatic carbocycles. The summed E-state index contributed by atoms with van der Waals surface area (Å²) in [6.07, 6.45) is 0. The maximum atomic E-state index is 5.75. The molecule has 0 aromatic heterocycles. The molecule has 1 aromatic rings. The number of hydrogen-bond donors (Lipinski definition) is 1. The highest BCUT2D eigenvalue weighted by Crippen LogP contribution is 2.13. The molecule has 1 N–H and O–H groups in total. The van der Waals surface area contributed by atoms with Crippen LogP contribution in [0.25, 0.3) is 0 Å². The van der Waals surface area contributed by atoms with Gasteiger partial charge in [0.15, 0.2) is 0 Å². The fourth-order valence-corrected chi connectivity index (χ4v) is 1.75. The van der Waals surface area contributed by atoms with Gasteiger partial charge in [-0.2, -0.15) is 0 Å². The van der Waals surface area contributed by atoms with Crippen LogP contribution in [0.15, 0.2) is 24.3 Å². The molecule has 0 heterocycles. The fraction of sp³-hybridized carbons (Fsp3) is 0.647. The van der Waals surface area contributed by atoms with E-state index in [0.717, 1.165) is 32.0 Å². The van der Waals surface area contributed by atoms with Crippen molar-refractivity contribution < 1.29 is 9.47 Å². The first-order chi connectivity index (χ1) is 9.90. The van der Waals surface area contributed by atoms with Crippen LogP contribution in [0.3, 0.4) is 0 Å². The molecule has 0 saturated carbocycles. The van der Waals surface area contributed by atoms with Gasteiger partial charge in [-0.3, -0.25) is 0 Å². The molecule has 0 aliphatic rings. The highest BCUT2D eigenvalue weighted by Gasteiger charge is 2.08. The molecule has 1 rings (SSSR count). The van der Waals surface area contributed by atoms with Crippen LogP contribution < -0.4 is 10.1 Å². The van der Waals surface area contributed by atoms with Crippen LogP contribution in [0, 0.1) is 0 Å². The summed E-state index contributed by atoms with van der Waals surface area (Å²) >= 11 is 0. The minimum absolute atomic E-state index is 0.141. The molecule has 21 heavy (non-hydrogen) atoms. The number of nitrogens with one attached hydrogen (secondary N) is 1. The van der Waals surface area contributed by atoms with Gasteiger partial charge < -0.3 is 19.7 Å². The molecule has 4 heteroatoms. The van der Waals surface area contributed by atoms with Gasteiger partial charge in [-0.1, -0.05) is 12.1 Å². The van der Waals surface area contributed by atoms with Gasteiger partial charge in [0.2, 0.25) is 0 Å². The molecule has 0 aliphatic heterocycles. The molecule has 0 fully saturated rings. The Morgan fingerprint density at radius 2 is 1.67 bits per heavy atom. The Bertz CT molecular complexity index is 385. The Kier molecular flexibility index (Phi) is 7.72. The Morgan fingerprint density at radius 1 is 1.05 bits per heavy atom. The van der Waals surface area contributed by atoms with Gasteiger partial charge in [-0.15, -0.1) is 0 Å². The summed E-state index contributed by atoms with van der Waals surface area (Å²) in [6, 6.07) is 8.30. The minimum atomic E-state index is 0.141. The third-order valence-electron chi connectivity index (χ3n) is 3.17. The SMILES string of the molecule is COCCN(C)CCOc1ccc(CNC(C)(C)C)cc1. The molecule has 0 spiro atoms. The summed E-state index contributed by atoms with van der Waals surface area (Å²) in [5.41, 5.74) is 1.41. The van der Waals surface area contributed by atoms with Gasteiger partial charge in [-0.05, 0) is 45.5 Å². The fourth-order valence-electron chi connectivity index (χ4n) is 1.75. The lowest BCUT2D eigenvalue weighted by atomic mass is 10.1. The number of methoxy groups -OCH3 is 1. The van der Waals surface area contributed by atoms with Gasteiger partial charge in [0, 0.05) is 32.3 Å². The van der Waals surface area contributed by atoms with Crippen molar-refractivity contribution in [2.75, 3.05) is 40.5 Å². The van der Waals surface area contributed by atoms with Crippen LogP contribution in [0.5, 0.6) is 5.75 Å². The normalized spacial score (nSPS) is 11.9. The standard InChI is InChI=1S/C17H30N2O2/c1-17(2,3)18-14-15-6-8-16(9-7-15)21-13-11-19(4)10-12-20-5/h6-9,18H,10-14H2,1-5H3. The second kappa shape index (κ2) is 9.03. The van der Waals surface area contributed by atoms with E-state index in [-0.39, 0.29) is 5.54 Å². The molecule has 0 unspecified atom stereocenters. The lowest BCUT2D eigenvalue weighted by Gasteiger charge is -2.20. The number of ether oxygens (including phenoxy) is 2. The van der Waals surface area contributed by atoms with Crippen LogP contribution in [-0.2, 0) is 11.3 Å². The lowest BCUT2D eigenvalue weighted by Crippen LogP contribution is -2.35. The average molecular weight is 294 g/mol. The predicted octanol–water partition coefficient (Wildman–Crippen LogP) is 2.53. The topological polar surface area (TPSA) is 33.7 Å². The summed E-state index contributed by atoms with van der Waals surface area (Å²) < 4.78 is 10.8. The van der Waals surface area contributed by atoms with Gasteiger partial charge in [0.25, 0.3) is 0 Å². The zero-order valence-corrected chi connectivity index (χ0v) is 14.1. The van der Waals surface area contributed by atoms with E-state index in [1.54, 1.807) is 7.11 Å². The van der Waals surface area contributed by atoms with E-state index in [0.29, 0.717) is 6.61 Å². The van der Waals surface area contributed by atoms with Crippen LogP contribution in [0.1, 0.15) is 26.3 Å². The molecular weight excluding hydrogens is 264 g/mol. The van der Waals surface area contributed by atoms with Crippen molar-refractivity contribution in [2.24, 2.45) is 0 Å². The maximum Gasteiger partial charge on any atom is 0.119 e. The van der Waals surface area contributed by atoms with Crippen molar-refractivity contribution in [3.63, 3.8) is 0 Å². The molecular formula is C17H30N2O2. The molecule has 4 nitrogen and oxygen atoms in total. The van der Waals surface area contributed by atoms with Crippen LogP contribution in [0.2, 0.25) is 0 Å². The second-order valence-corrected chi connectivity index (χ2v) is 6.39.